The molecule has 0 aromatic heterocycles. The molecule has 28 heavy (non-hydrogen) atoms. The van der Waals surface area contributed by atoms with Crippen LogP contribution in [-0.4, -0.2) is 26.4 Å². The highest BCUT2D eigenvalue weighted by Crippen LogP contribution is 2.29. The Bertz CT molecular complexity index is 898. The van der Waals surface area contributed by atoms with Gasteiger partial charge in [-0.05, 0) is 36.6 Å². The smallest absolute Gasteiger partial charge is 0.251 e. The van der Waals surface area contributed by atoms with Crippen molar-refractivity contribution in [2.24, 2.45) is 5.73 Å². The van der Waals surface area contributed by atoms with Gasteiger partial charge in [-0.1, -0.05) is 49.2 Å². The molecule has 0 bridgehead atoms. The van der Waals surface area contributed by atoms with E-state index in [4.69, 9.17) is 5.73 Å². The van der Waals surface area contributed by atoms with Gasteiger partial charge in [0.05, 0.1) is 10.4 Å². The third-order valence-corrected chi connectivity index (χ3v) is 6.44. The maximum absolute atomic E-state index is 12.6. The Morgan fingerprint density at radius 2 is 1.71 bits per heavy atom. The van der Waals surface area contributed by atoms with Crippen molar-refractivity contribution in [1.82, 2.24) is 10.0 Å². The minimum atomic E-state index is -3.72. The van der Waals surface area contributed by atoms with Crippen molar-refractivity contribution in [1.29, 1.82) is 0 Å². The number of nitrogens with one attached hydrogen (secondary N) is 2. The van der Waals surface area contributed by atoms with E-state index in [9.17, 15) is 13.2 Å². The van der Waals surface area contributed by atoms with Gasteiger partial charge in [-0.3, -0.25) is 4.79 Å². The molecule has 152 valence electrons. The van der Waals surface area contributed by atoms with Gasteiger partial charge in [-0.2, -0.15) is 0 Å². The van der Waals surface area contributed by atoms with Crippen LogP contribution in [0.5, 0.6) is 0 Å². The summed E-state index contributed by atoms with van der Waals surface area (Å²) in [6.07, 6.45) is 3.78. The molecule has 1 amide bonds. The zero-order chi connectivity index (χ0) is 19.3. The molecular formula is C20H26ClN3O3S. The number of hydrogen-bond acceptors (Lipinski definition) is 4. The molecule has 1 aliphatic carbocycles. The summed E-state index contributed by atoms with van der Waals surface area (Å²) >= 11 is 0. The van der Waals surface area contributed by atoms with E-state index in [0.717, 1.165) is 31.2 Å². The summed E-state index contributed by atoms with van der Waals surface area (Å²) in [6, 6.07) is 15.4. The molecular weight excluding hydrogens is 398 g/mol. The van der Waals surface area contributed by atoms with Gasteiger partial charge in [0.15, 0.2) is 0 Å². The van der Waals surface area contributed by atoms with Crippen molar-refractivity contribution >= 4 is 28.3 Å². The Labute approximate surface area is 172 Å². The Morgan fingerprint density at radius 3 is 2.36 bits per heavy atom. The first-order valence-electron chi connectivity index (χ1n) is 9.10. The lowest BCUT2D eigenvalue weighted by Gasteiger charge is -2.28. The molecule has 4 N–H and O–H groups in total. The number of carbonyl (C=O) groups is 1. The van der Waals surface area contributed by atoms with Crippen LogP contribution in [0.15, 0.2) is 59.5 Å². The fourth-order valence-corrected chi connectivity index (χ4v) is 4.47. The van der Waals surface area contributed by atoms with E-state index in [-0.39, 0.29) is 35.3 Å². The highest BCUT2D eigenvalue weighted by molar-refractivity contribution is 7.89. The second kappa shape index (κ2) is 9.52. The summed E-state index contributed by atoms with van der Waals surface area (Å²) in [6.45, 7) is 0.575. The van der Waals surface area contributed by atoms with Gasteiger partial charge < -0.3 is 11.1 Å². The summed E-state index contributed by atoms with van der Waals surface area (Å²) in [7, 11) is -3.72. The Hall–Kier alpha value is -1.93. The summed E-state index contributed by atoms with van der Waals surface area (Å²) in [4.78, 5) is 12.7. The number of rotatable bonds is 7. The van der Waals surface area contributed by atoms with Crippen LogP contribution in [0.4, 0.5) is 0 Å². The molecule has 2 aromatic rings. The highest BCUT2D eigenvalue weighted by atomic mass is 35.5. The number of nitrogens with two attached hydrogens (primary N) is 1. The van der Waals surface area contributed by atoms with Crippen LogP contribution in [0.3, 0.4) is 0 Å². The van der Waals surface area contributed by atoms with Crippen LogP contribution >= 0.6 is 12.4 Å². The van der Waals surface area contributed by atoms with Gasteiger partial charge in [0, 0.05) is 18.7 Å². The van der Waals surface area contributed by atoms with E-state index in [1.807, 2.05) is 30.3 Å². The molecule has 0 atom stereocenters. The molecule has 2 aromatic carbocycles. The van der Waals surface area contributed by atoms with Gasteiger partial charge in [-0.15, -0.1) is 12.4 Å². The van der Waals surface area contributed by atoms with Crippen LogP contribution in [-0.2, 0) is 16.6 Å². The molecule has 0 heterocycles. The van der Waals surface area contributed by atoms with E-state index < -0.39 is 10.0 Å². The summed E-state index contributed by atoms with van der Waals surface area (Å²) in [5, 5.41) is 3.02. The molecule has 0 saturated heterocycles. The van der Waals surface area contributed by atoms with E-state index >= 15 is 0 Å². The number of benzene rings is 2. The van der Waals surface area contributed by atoms with Crippen molar-refractivity contribution in [3.63, 3.8) is 0 Å². The van der Waals surface area contributed by atoms with Gasteiger partial charge >= 0.3 is 0 Å². The summed E-state index contributed by atoms with van der Waals surface area (Å²) in [5.74, 6) is -0.289. The number of hydrogen-bond donors (Lipinski definition) is 3. The lowest BCUT2D eigenvalue weighted by molar-refractivity contribution is 0.0903. The molecule has 0 spiro atoms. The van der Waals surface area contributed by atoms with Gasteiger partial charge in [0.2, 0.25) is 10.0 Å². The maximum atomic E-state index is 12.6. The zero-order valence-electron chi connectivity index (χ0n) is 15.6. The number of sulfonamides is 1. The second-order valence-corrected chi connectivity index (χ2v) is 8.75. The molecule has 0 unspecified atom stereocenters. The first-order valence-corrected chi connectivity index (χ1v) is 10.6. The first kappa shape index (κ1) is 22.4. The van der Waals surface area contributed by atoms with Crippen LogP contribution in [0.25, 0.3) is 0 Å². The van der Waals surface area contributed by atoms with Gasteiger partial charge in [0.1, 0.15) is 0 Å². The van der Waals surface area contributed by atoms with Gasteiger partial charge in [0.25, 0.3) is 5.91 Å². The minimum absolute atomic E-state index is 0. The normalized spacial score (nSPS) is 15.6. The van der Waals surface area contributed by atoms with Crippen LogP contribution in [0, 0.1) is 0 Å². The third kappa shape index (κ3) is 5.32. The van der Waals surface area contributed by atoms with Crippen molar-refractivity contribution in [2.45, 2.75) is 42.7 Å². The van der Waals surface area contributed by atoms with Gasteiger partial charge in [-0.25, -0.2) is 13.1 Å². The molecule has 8 heteroatoms. The monoisotopic (exact) mass is 423 g/mol. The third-order valence-electron chi connectivity index (χ3n) is 5.05. The zero-order valence-corrected chi connectivity index (χ0v) is 17.2. The number of halogens is 1. The topological polar surface area (TPSA) is 101 Å². The molecule has 6 nitrogen and oxygen atoms in total. The fourth-order valence-electron chi connectivity index (χ4n) is 3.41. The lowest BCUT2D eigenvalue weighted by Crippen LogP contribution is -2.51. The number of carbonyl (C=O) groups excluding carboxylic acids is 1. The Kier molecular flexibility index (Phi) is 7.60. The van der Waals surface area contributed by atoms with Crippen molar-refractivity contribution in [3.8, 4) is 0 Å². The van der Waals surface area contributed by atoms with Crippen molar-refractivity contribution in [2.75, 3.05) is 6.54 Å². The van der Waals surface area contributed by atoms with E-state index in [1.165, 1.54) is 12.1 Å². The van der Waals surface area contributed by atoms with E-state index in [2.05, 4.69) is 10.0 Å². The minimum Gasteiger partial charge on any atom is -0.345 e. The fraction of sp³-hybridized carbons (Fsp3) is 0.350. The average Bonchev–Trinajstić information content (AvgIpc) is 3.16. The van der Waals surface area contributed by atoms with Crippen LogP contribution in [0.1, 0.15) is 41.6 Å². The van der Waals surface area contributed by atoms with E-state index in [0.29, 0.717) is 12.1 Å². The van der Waals surface area contributed by atoms with E-state index in [1.54, 1.807) is 12.1 Å². The van der Waals surface area contributed by atoms with Crippen LogP contribution in [0.2, 0.25) is 0 Å². The Morgan fingerprint density at radius 1 is 1.04 bits per heavy atom. The molecule has 1 saturated carbocycles. The summed E-state index contributed by atoms with van der Waals surface area (Å²) in [5.41, 5.74) is 6.67. The lowest BCUT2D eigenvalue weighted by atomic mass is 9.97. The second-order valence-electron chi connectivity index (χ2n) is 6.98. The molecule has 3 rings (SSSR count). The average molecular weight is 424 g/mol. The van der Waals surface area contributed by atoms with Crippen molar-refractivity contribution < 1.29 is 13.2 Å². The van der Waals surface area contributed by atoms with Crippen molar-refractivity contribution in [3.05, 3.63) is 65.7 Å². The molecule has 1 aliphatic rings. The first-order chi connectivity index (χ1) is 12.9. The predicted molar refractivity (Wildman–Crippen MR) is 112 cm³/mol. The Balaban J connectivity index is 0.00000280. The highest BCUT2D eigenvalue weighted by Gasteiger charge is 2.34. The predicted octanol–water partition coefficient (Wildman–Crippen LogP) is 2.59. The molecule has 0 radical (unpaired) electrons. The summed E-state index contributed by atoms with van der Waals surface area (Å²) < 4.78 is 27.7. The standard InChI is InChI=1S/C20H25N3O3S.ClH/c21-15-20(11-4-5-12-20)23-19(24)17-9-6-10-18(13-17)27(25,26)22-14-16-7-2-1-3-8-16;/h1-3,6-10,13,22H,4-5,11-12,14-15,21H2,(H,23,24);1H. The number of amides is 1. The molecule has 1 fully saturated rings. The quantitative estimate of drug-likeness (QED) is 0.637. The van der Waals surface area contributed by atoms with Crippen LogP contribution < -0.4 is 15.8 Å². The largest absolute Gasteiger partial charge is 0.345 e. The SMILES string of the molecule is Cl.NCC1(NC(=O)c2cccc(S(=O)(=O)NCc3ccccc3)c2)CCCC1. The molecule has 0 aliphatic heterocycles. The maximum Gasteiger partial charge on any atom is 0.251 e.